The minimum absolute atomic E-state index is 0.00407. The highest BCUT2D eigenvalue weighted by molar-refractivity contribution is 5.95. The standard InChI is InChI=1S/C17H21N3O2/c1-12-9-14(5-6-15(12)17(22)19(2)3)18-11-13-7-8-20(4)16(21)10-13/h5-10,18H,11H2,1-4H3. The number of pyridine rings is 1. The largest absolute Gasteiger partial charge is 0.381 e. The molecule has 0 aliphatic heterocycles. The average Bonchev–Trinajstić information content (AvgIpc) is 2.48. The first-order valence-corrected chi connectivity index (χ1v) is 7.10. The summed E-state index contributed by atoms with van der Waals surface area (Å²) < 4.78 is 1.54. The number of aryl methyl sites for hydroxylation is 2. The molecule has 1 amide bonds. The lowest BCUT2D eigenvalue weighted by atomic mass is 10.1. The molecule has 0 saturated heterocycles. The Morgan fingerprint density at radius 3 is 2.55 bits per heavy atom. The number of hydrogen-bond donors (Lipinski definition) is 1. The molecule has 1 aromatic heterocycles. The summed E-state index contributed by atoms with van der Waals surface area (Å²) in [7, 11) is 5.21. The third kappa shape index (κ3) is 3.55. The summed E-state index contributed by atoms with van der Waals surface area (Å²) in [5.41, 5.74) is 3.45. The Labute approximate surface area is 130 Å². The molecule has 0 spiro atoms. The Balaban J connectivity index is 2.11. The molecular formula is C17H21N3O2. The molecule has 1 N–H and O–H groups in total. The predicted octanol–water partition coefficient (Wildman–Crippen LogP) is 2.01. The van der Waals surface area contributed by atoms with Gasteiger partial charge in [-0.1, -0.05) is 0 Å². The fourth-order valence-corrected chi connectivity index (χ4v) is 2.16. The second kappa shape index (κ2) is 6.47. The Morgan fingerprint density at radius 1 is 1.23 bits per heavy atom. The normalized spacial score (nSPS) is 10.4. The number of nitrogens with one attached hydrogen (secondary N) is 1. The second-order valence-corrected chi connectivity index (χ2v) is 5.57. The Morgan fingerprint density at radius 2 is 1.95 bits per heavy atom. The number of benzene rings is 1. The Bertz CT molecular complexity index is 748. The van der Waals surface area contributed by atoms with Crippen LogP contribution in [0.3, 0.4) is 0 Å². The van der Waals surface area contributed by atoms with Crippen molar-refractivity contribution in [3.05, 3.63) is 63.6 Å². The van der Waals surface area contributed by atoms with Gasteiger partial charge in [0.05, 0.1) is 0 Å². The highest BCUT2D eigenvalue weighted by Gasteiger charge is 2.11. The number of rotatable bonds is 4. The van der Waals surface area contributed by atoms with E-state index in [4.69, 9.17) is 0 Å². The highest BCUT2D eigenvalue weighted by Crippen LogP contribution is 2.17. The van der Waals surface area contributed by atoms with Gasteiger partial charge in [-0.2, -0.15) is 0 Å². The van der Waals surface area contributed by atoms with Gasteiger partial charge in [0.25, 0.3) is 11.5 Å². The minimum Gasteiger partial charge on any atom is -0.381 e. The lowest BCUT2D eigenvalue weighted by molar-refractivity contribution is 0.0827. The first-order valence-electron chi connectivity index (χ1n) is 7.10. The van der Waals surface area contributed by atoms with Crippen LogP contribution in [0.25, 0.3) is 0 Å². The highest BCUT2D eigenvalue weighted by atomic mass is 16.2. The van der Waals surface area contributed by atoms with Gasteiger partial charge < -0.3 is 14.8 Å². The van der Waals surface area contributed by atoms with Crippen molar-refractivity contribution in [1.29, 1.82) is 0 Å². The maximum Gasteiger partial charge on any atom is 0.253 e. The molecule has 0 atom stereocenters. The molecule has 0 bridgehead atoms. The predicted molar refractivity (Wildman–Crippen MR) is 88.2 cm³/mol. The molecule has 22 heavy (non-hydrogen) atoms. The SMILES string of the molecule is Cc1cc(NCc2ccn(C)c(=O)c2)ccc1C(=O)N(C)C. The monoisotopic (exact) mass is 299 g/mol. The van der Waals surface area contributed by atoms with E-state index < -0.39 is 0 Å². The molecule has 1 heterocycles. The van der Waals surface area contributed by atoms with Crippen LogP contribution in [0.4, 0.5) is 5.69 Å². The van der Waals surface area contributed by atoms with Gasteiger partial charge in [0, 0.05) is 51.2 Å². The molecule has 116 valence electrons. The van der Waals surface area contributed by atoms with Crippen LogP contribution in [0.15, 0.2) is 41.3 Å². The minimum atomic E-state index is -0.0255. The molecule has 0 unspecified atom stereocenters. The summed E-state index contributed by atoms with van der Waals surface area (Å²) in [5, 5.41) is 3.27. The fraction of sp³-hybridized carbons (Fsp3) is 0.294. The summed E-state index contributed by atoms with van der Waals surface area (Å²) in [6.07, 6.45) is 1.75. The lowest BCUT2D eigenvalue weighted by Gasteiger charge is -2.14. The average molecular weight is 299 g/mol. The number of aromatic nitrogens is 1. The summed E-state index contributed by atoms with van der Waals surface area (Å²) in [5.74, 6) is -0.00407. The first kappa shape index (κ1) is 15.8. The summed E-state index contributed by atoms with van der Waals surface area (Å²) in [6.45, 7) is 2.48. The van der Waals surface area contributed by atoms with E-state index in [0.717, 1.165) is 16.8 Å². The van der Waals surface area contributed by atoms with Gasteiger partial charge in [-0.15, -0.1) is 0 Å². The van der Waals surface area contributed by atoms with Gasteiger partial charge in [-0.05, 0) is 42.3 Å². The smallest absolute Gasteiger partial charge is 0.253 e. The zero-order valence-corrected chi connectivity index (χ0v) is 13.4. The quantitative estimate of drug-likeness (QED) is 0.939. The van der Waals surface area contributed by atoms with Crippen molar-refractivity contribution in [2.75, 3.05) is 19.4 Å². The van der Waals surface area contributed by atoms with Crippen molar-refractivity contribution >= 4 is 11.6 Å². The van der Waals surface area contributed by atoms with Crippen LogP contribution in [-0.2, 0) is 13.6 Å². The van der Waals surface area contributed by atoms with E-state index in [2.05, 4.69) is 5.32 Å². The Hall–Kier alpha value is -2.56. The third-order valence-corrected chi connectivity index (χ3v) is 3.53. The van der Waals surface area contributed by atoms with Crippen LogP contribution in [0, 0.1) is 6.92 Å². The van der Waals surface area contributed by atoms with Gasteiger partial charge in [-0.25, -0.2) is 0 Å². The van der Waals surface area contributed by atoms with Crippen molar-refractivity contribution in [3.8, 4) is 0 Å². The molecule has 0 saturated carbocycles. The van der Waals surface area contributed by atoms with Gasteiger partial charge in [0.1, 0.15) is 0 Å². The molecule has 0 aliphatic rings. The van der Waals surface area contributed by atoms with Crippen molar-refractivity contribution in [3.63, 3.8) is 0 Å². The van der Waals surface area contributed by atoms with Crippen LogP contribution in [0.5, 0.6) is 0 Å². The number of anilines is 1. The number of carbonyl (C=O) groups excluding carboxylic acids is 1. The molecule has 0 fully saturated rings. The summed E-state index contributed by atoms with van der Waals surface area (Å²) in [4.78, 5) is 25.1. The van der Waals surface area contributed by atoms with E-state index in [9.17, 15) is 9.59 Å². The number of amides is 1. The topological polar surface area (TPSA) is 54.3 Å². The van der Waals surface area contributed by atoms with E-state index in [1.807, 2.05) is 31.2 Å². The number of hydrogen-bond acceptors (Lipinski definition) is 3. The third-order valence-electron chi connectivity index (χ3n) is 3.53. The summed E-state index contributed by atoms with van der Waals surface area (Å²) in [6, 6.07) is 9.17. The van der Waals surface area contributed by atoms with E-state index >= 15 is 0 Å². The maximum absolute atomic E-state index is 12.0. The van der Waals surface area contributed by atoms with Crippen LogP contribution >= 0.6 is 0 Å². The van der Waals surface area contributed by atoms with E-state index in [0.29, 0.717) is 12.1 Å². The van der Waals surface area contributed by atoms with Crippen LogP contribution in [0.1, 0.15) is 21.5 Å². The van der Waals surface area contributed by atoms with E-state index in [1.165, 1.54) is 4.57 Å². The lowest BCUT2D eigenvalue weighted by Crippen LogP contribution is -2.22. The van der Waals surface area contributed by atoms with Gasteiger partial charge >= 0.3 is 0 Å². The fourth-order valence-electron chi connectivity index (χ4n) is 2.16. The number of carbonyl (C=O) groups is 1. The molecule has 2 rings (SSSR count). The zero-order valence-electron chi connectivity index (χ0n) is 13.4. The van der Waals surface area contributed by atoms with Gasteiger partial charge in [0.15, 0.2) is 0 Å². The van der Waals surface area contributed by atoms with Crippen molar-refractivity contribution in [2.45, 2.75) is 13.5 Å². The molecule has 5 heteroatoms. The number of nitrogens with zero attached hydrogens (tertiary/aromatic N) is 2. The van der Waals surface area contributed by atoms with Crippen LogP contribution < -0.4 is 10.9 Å². The molecular weight excluding hydrogens is 278 g/mol. The van der Waals surface area contributed by atoms with Crippen molar-refractivity contribution in [1.82, 2.24) is 9.47 Å². The van der Waals surface area contributed by atoms with Crippen LogP contribution in [0.2, 0.25) is 0 Å². The first-order chi connectivity index (χ1) is 10.4. The Kier molecular flexibility index (Phi) is 4.65. The zero-order chi connectivity index (χ0) is 16.3. The molecule has 1 aromatic carbocycles. The van der Waals surface area contributed by atoms with Crippen molar-refractivity contribution in [2.24, 2.45) is 7.05 Å². The van der Waals surface area contributed by atoms with Crippen LogP contribution in [-0.4, -0.2) is 29.5 Å². The van der Waals surface area contributed by atoms with Gasteiger partial charge in [0.2, 0.25) is 0 Å². The van der Waals surface area contributed by atoms with E-state index in [1.54, 1.807) is 38.3 Å². The molecule has 2 aromatic rings. The summed E-state index contributed by atoms with van der Waals surface area (Å²) >= 11 is 0. The maximum atomic E-state index is 12.0. The van der Waals surface area contributed by atoms with Gasteiger partial charge in [-0.3, -0.25) is 9.59 Å². The van der Waals surface area contributed by atoms with E-state index in [-0.39, 0.29) is 11.5 Å². The second-order valence-electron chi connectivity index (χ2n) is 5.57. The molecule has 0 radical (unpaired) electrons. The molecule has 5 nitrogen and oxygen atoms in total. The molecule has 0 aliphatic carbocycles. The van der Waals surface area contributed by atoms with Crippen molar-refractivity contribution < 1.29 is 4.79 Å².